The molecule has 10 heteroatoms. The summed E-state index contributed by atoms with van der Waals surface area (Å²) in [6.45, 7) is 6.37. The third kappa shape index (κ3) is 7.22. The molecule has 3 heterocycles. The van der Waals surface area contributed by atoms with E-state index >= 15 is 0 Å². The van der Waals surface area contributed by atoms with Gasteiger partial charge in [0.15, 0.2) is 0 Å². The first-order chi connectivity index (χ1) is 16.9. The Hall–Kier alpha value is -2.07. The van der Waals surface area contributed by atoms with Gasteiger partial charge in [-0.25, -0.2) is 18.2 Å². The van der Waals surface area contributed by atoms with Crippen molar-refractivity contribution in [1.29, 1.82) is 0 Å². The number of carbonyl (C=O) groups is 1. The molecule has 3 aliphatic rings. The summed E-state index contributed by atoms with van der Waals surface area (Å²) in [5.74, 6) is 2.24. The predicted octanol–water partition coefficient (Wildman–Crippen LogP) is 3.08. The Labute approximate surface area is 210 Å². The summed E-state index contributed by atoms with van der Waals surface area (Å²) in [7, 11) is -3.14. The van der Waals surface area contributed by atoms with Crippen LogP contribution in [-0.2, 0) is 10.0 Å². The highest BCUT2D eigenvalue weighted by atomic mass is 32.2. The molecule has 2 amide bonds. The summed E-state index contributed by atoms with van der Waals surface area (Å²) < 4.78 is 32.1. The largest absolute Gasteiger partial charge is 0.492 e. The summed E-state index contributed by atoms with van der Waals surface area (Å²) in [4.78, 5) is 21.2. The fraction of sp³-hybridized carbons (Fsp3) is 0.760. The number of pyridine rings is 1. The molecule has 3 fully saturated rings. The molecule has 1 aromatic heterocycles. The Morgan fingerprint density at radius 3 is 2.37 bits per heavy atom. The van der Waals surface area contributed by atoms with E-state index in [1.54, 1.807) is 10.5 Å². The van der Waals surface area contributed by atoms with Crippen molar-refractivity contribution in [3.8, 4) is 5.75 Å². The van der Waals surface area contributed by atoms with Crippen LogP contribution < -0.4 is 15.0 Å². The summed E-state index contributed by atoms with van der Waals surface area (Å²) in [5.41, 5.74) is 0. The molecule has 196 valence electrons. The van der Waals surface area contributed by atoms with Crippen LogP contribution in [0.2, 0.25) is 0 Å². The minimum absolute atomic E-state index is 0.0971. The molecule has 1 aromatic rings. The Kier molecular flexibility index (Phi) is 9.10. The standard InChI is InChI=1S/C25H41N5O4S/c1-2-18-35(32,33)30-16-14-28(15-17-30)24-9-8-23(19-26-24)34-20-21-10-12-29(13-11-21)25(31)27-22-6-4-3-5-7-22/h8-9,19,21-22H,2-7,10-18,20H2,1H3,(H,27,31). The summed E-state index contributed by atoms with van der Waals surface area (Å²) in [6.07, 6.45) is 10.3. The average Bonchev–Trinajstić information content (AvgIpc) is 2.89. The van der Waals surface area contributed by atoms with Gasteiger partial charge in [0, 0.05) is 45.3 Å². The van der Waals surface area contributed by atoms with Gasteiger partial charge in [-0.1, -0.05) is 26.2 Å². The van der Waals surface area contributed by atoms with Crippen molar-refractivity contribution in [2.24, 2.45) is 5.92 Å². The van der Waals surface area contributed by atoms with Gasteiger partial charge in [-0.2, -0.15) is 4.31 Å². The minimum Gasteiger partial charge on any atom is -0.492 e. The quantitative estimate of drug-likeness (QED) is 0.581. The number of hydrogen-bond donors (Lipinski definition) is 1. The Balaban J connectivity index is 1.16. The normalized spacial score (nSPS) is 21.2. The Bertz CT molecular complexity index is 904. The SMILES string of the molecule is CCCS(=O)(=O)N1CCN(c2ccc(OCC3CCN(C(=O)NC4CCCCC4)CC3)cn2)CC1. The lowest BCUT2D eigenvalue weighted by Gasteiger charge is -2.34. The van der Waals surface area contributed by atoms with E-state index in [-0.39, 0.29) is 11.8 Å². The van der Waals surface area contributed by atoms with Crippen molar-refractivity contribution in [2.45, 2.75) is 64.3 Å². The van der Waals surface area contributed by atoms with E-state index in [0.717, 1.165) is 50.3 Å². The number of ether oxygens (including phenoxy) is 1. The van der Waals surface area contributed by atoms with Gasteiger partial charge in [0.25, 0.3) is 0 Å². The fourth-order valence-corrected chi connectivity index (χ4v) is 6.75. The van der Waals surface area contributed by atoms with Gasteiger partial charge in [0.2, 0.25) is 10.0 Å². The van der Waals surface area contributed by atoms with Crippen molar-refractivity contribution < 1.29 is 17.9 Å². The van der Waals surface area contributed by atoms with Crippen molar-refractivity contribution in [1.82, 2.24) is 19.5 Å². The lowest BCUT2D eigenvalue weighted by atomic mass is 9.95. The summed E-state index contributed by atoms with van der Waals surface area (Å²) in [6, 6.07) is 4.34. The number of piperazine rings is 1. The van der Waals surface area contributed by atoms with Gasteiger partial charge in [-0.15, -0.1) is 0 Å². The molecule has 2 saturated heterocycles. The smallest absolute Gasteiger partial charge is 0.317 e. The molecule has 2 aliphatic heterocycles. The Morgan fingerprint density at radius 2 is 1.74 bits per heavy atom. The van der Waals surface area contributed by atoms with Gasteiger partial charge >= 0.3 is 6.03 Å². The van der Waals surface area contributed by atoms with Gasteiger partial charge in [0.1, 0.15) is 11.6 Å². The number of anilines is 1. The summed E-state index contributed by atoms with van der Waals surface area (Å²) in [5, 5.41) is 3.22. The number of nitrogens with zero attached hydrogens (tertiary/aromatic N) is 4. The maximum atomic E-state index is 12.5. The third-order valence-electron chi connectivity index (χ3n) is 7.46. The van der Waals surface area contributed by atoms with Crippen LogP contribution in [0.1, 0.15) is 58.3 Å². The molecule has 1 saturated carbocycles. The zero-order chi connectivity index (χ0) is 24.7. The second kappa shape index (κ2) is 12.3. The second-order valence-electron chi connectivity index (χ2n) is 10.1. The van der Waals surface area contributed by atoms with Crippen LogP contribution >= 0.6 is 0 Å². The molecule has 4 rings (SSSR count). The number of aromatic nitrogens is 1. The van der Waals surface area contributed by atoms with E-state index in [2.05, 4.69) is 15.2 Å². The monoisotopic (exact) mass is 507 g/mol. The van der Waals surface area contributed by atoms with Crippen molar-refractivity contribution >= 4 is 21.9 Å². The van der Waals surface area contributed by atoms with Crippen LogP contribution in [-0.4, -0.2) is 86.3 Å². The molecular weight excluding hydrogens is 466 g/mol. The number of hydrogen-bond acceptors (Lipinski definition) is 6. The molecule has 35 heavy (non-hydrogen) atoms. The highest BCUT2D eigenvalue weighted by Gasteiger charge is 2.27. The number of nitrogens with one attached hydrogen (secondary N) is 1. The van der Waals surface area contributed by atoms with E-state index < -0.39 is 10.0 Å². The van der Waals surface area contributed by atoms with Gasteiger partial charge in [-0.3, -0.25) is 0 Å². The van der Waals surface area contributed by atoms with Crippen LogP contribution in [0.3, 0.4) is 0 Å². The number of piperidine rings is 1. The highest BCUT2D eigenvalue weighted by Crippen LogP contribution is 2.23. The first kappa shape index (κ1) is 26.0. The van der Waals surface area contributed by atoms with E-state index in [0.29, 0.717) is 51.2 Å². The number of likely N-dealkylation sites (tertiary alicyclic amines) is 1. The highest BCUT2D eigenvalue weighted by molar-refractivity contribution is 7.89. The van der Waals surface area contributed by atoms with E-state index in [4.69, 9.17) is 4.74 Å². The fourth-order valence-electron chi connectivity index (χ4n) is 5.26. The third-order valence-corrected chi connectivity index (χ3v) is 9.54. The second-order valence-corrected chi connectivity index (χ2v) is 12.2. The topological polar surface area (TPSA) is 95.1 Å². The maximum Gasteiger partial charge on any atom is 0.317 e. The number of amides is 2. The zero-order valence-electron chi connectivity index (χ0n) is 21.0. The zero-order valence-corrected chi connectivity index (χ0v) is 21.8. The predicted molar refractivity (Wildman–Crippen MR) is 137 cm³/mol. The van der Waals surface area contributed by atoms with Crippen LogP contribution in [0.25, 0.3) is 0 Å². The minimum atomic E-state index is -3.14. The molecule has 0 aromatic carbocycles. The van der Waals surface area contributed by atoms with Crippen molar-refractivity contribution in [3.63, 3.8) is 0 Å². The van der Waals surface area contributed by atoms with Crippen molar-refractivity contribution in [3.05, 3.63) is 18.3 Å². The number of sulfonamides is 1. The molecule has 0 radical (unpaired) electrons. The lowest BCUT2D eigenvalue weighted by molar-refractivity contribution is 0.141. The van der Waals surface area contributed by atoms with Gasteiger partial charge in [0.05, 0.1) is 18.6 Å². The summed E-state index contributed by atoms with van der Waals surface area (Å²) >= 11 is 0. The maximum absolute atomic E-state index is 12.5. The first-order valence-corrected chi connectivity index (χ1v) is 14.9. The molecule has 0 bridgehead atoms. The molecule has 9 nitrogen and oxygen atoms in total. The van der Waals surface area contributed by atoms with Crippen LogP contribution in [0, 0.1) is 5.92 Å². The van der Waals surface area contributed by atoms with Crippen LogP contribution in [0.4, 0.5) is 10.6 Å². The molecule has 1 aliphatic carbocycles. The number of urea groups is 1. The van der Waals surface area contributed by atoms with Crippen molar-refractivity contribution in [2.75, 3.05) is 56.5 Å². The van der Waals surface area contributed by atoms with E-state index in [1.807, 2.05) is 24.0 Å². The number of rotatable bonds is 8. The molecule has 1 N–H and O–H groups in total. The molecule has 0 atom stereocenters. The van der Waals surface area contributed by atoms with Crippen LogP contribution in [0.15, 0.2) is 18.3 Å². The lowest BCUT2D eigenvalue weighted by Crippen LogP contribution is -2.49. The first-order valence-electron chi connectivity index (χ1n) is 13.3. The van der Waals surface area contributed by atoms with Gasteiger partial charge < -0.3 is 19.9 Å². The van der Waals surface area contributed by atoms with Gasteiger partial charge in [-0.05, 0) is 50.2 Å². The van der Waals surface area contributed by atoms with E-state index in [1.165, 1.54) is 19.3 Å². The Morgan fingerprint density at radius 1 is 1.03 bits per heavy atom. The molecule has 0 spiro atoms. The average molecular weight is 508 g/mol. The number of carbonyl (C=O) groups excluding carboxylic acids is 1. The molecular formula is C25H41N5O4S. The molecule has 0 unspecified atom stereocenters. The van der Waals surface area contributed by atoms with Crippen LogP contribution in [0.5, 0.6) is 5.75 Å². The van der Waals surface area contributed by atoms with E-state index in [9.17, 15) is 13.2 Å².